The lowest BCUT2D eigenvalue weighted by Gasteiger charge is -2.03. The van der Waals surface area contributed by atoms with Crippen LogP contribution in [0.3, 0.4) is 0 Å². The Morgan fingerprint density at radius 2 is 1.93 bits per heavy atom. The molecule has 8 heteroatoms. The molecule has 0 aliphatic carbocycles. The van der Waals surface area contributed by atoms with E-state index in [2.05, 4.69) is 8.37 Å². The van der Waals surface area contributed by atoms with Gasteiger partial charge in [-0.1, -0.05) is 0 Å². The van der Waals surface area contributed by atoms with E-state index in [1.54, 1.807) is 0 Å². The molecule has 2 aliphatic rings. The molecule has 0 atom stereocenters. The fourth-order valence-corrected chi connectivity index (χ4v) is 1.82. The first-order valence-electron chi connectivity index (χ1n) is 3.45. The highest BCUT2D eigenvalue weighted by Gasteiger charge is 2.30. The minimum absolute atomic E-state index is 0.0622. The van der Waals surface area contributed by atoms with Crippen LogP contribution in [0.2, 0.25) is 0 Å². The first kappa shape index (κ1) is 8.75. The number of phenolic OH excluding ortho intramolecular Hbond substituents is 1. The zero-order valence-corrected chi connectivity index (χ0v) is 7.54. The van der Waals surface area contributed by atoms with Crippen molar-refractivity contribution < 1.29 is 21.9 Å². The molecular weight excluding hydrogens is 212 g/mol. The monoisotopic (exact) mass is 218 g/mol. The zero-order chi connectivity index (χ0) is 10.5. The van der Waals surface area contributed by atoms with Crippen molar-refractivity contribution in [1.29, 1.82) is 0 Å². The minimum Gasteiger partial charge on any atom is -0.503 e. The molecule has 0 saturated heterocycles. The Labute approximate surface area is 79.2 Å². The van der Waals surface area contributed by atoms with Gasteiger partial charge in [-0.05, 0) is 0 Å². The molecule has 1 aromatic carbocycles. The van der Waals surface area contributed by atoms with Crippen LogP contribution in [-0.2, 0) is 10.4 Å². The highest BCUT2D eigenvalue weighted by Crippen LogP contribution is 2.47. The van der Waals surface area contributed by atoms with Gasteiger partial charge in [0.25, 0.3) is 0 Å². The van der Waals surface area contributed by atoms with Crippen molar-refractivity contribution in [3.8, 4) is 17.2 Å². The highest BCUT2D eigenvalue weighted by atomic mass is 32.3. The number of hydrogen-bond donors (Lipinski definition) is 3. The predicted octanol–water partition coefficient (Wildman–Crippen LogP) is -0.427. The molecule has 2 heterocycles. The number of nitrogens with two attached hydrogens (primary N) is 2. The molecule has 0 radical (unpaired) electrons. The summed E-state index contributed by atoms with van der Waals surface area (Å²) in [6.45, 7) is 0. The third kappa shape index (κ3) is 1.08. The zero-order valence-electron chi connectivity index (χ0n) is 6.72. The molecular formula is C6H6N2O5S. The van der Waals surface area contributed by atoms with Gasteiger partial charge in [0.2, 0.25) is 5.75 Å². The van der Waals surface area contributed by atoms with Crippen LogP contribution in [0.4, 0.5) is 11.4 Å². The predicted molar refractivity (Wildman–Crippen MR) is 47.1 cm³/mol. The molecule has 5 N–H and O–H groups in total. The summed E-state index contributed by atoms with van der Waals surface area (Å²) in [5.74, 6) is -1.20. The largest absolute Gasteiger partial charge is 0.503 e. The maximum absolute atomic E-state index is 11.0. The second kappa shape index (κ2) is 2.35. The first-order valence-corrected chi connectivity index (χ1v) is 4.79. The van der Waals surface area contributed by atoms with E-state index in [1.165, 1.54) is 0 Å². The van der Waals surface area contributed by atoms with Crippen molar-refractivity contribution >= 4 is 21.8 Å². The molecule has 0 aromatic heterocycles. The first-order chi connectivity index (χ1) is 6.41. The van der Waals surface area contributed by atoms with Crippen molar-refractivity contribution in [2.75, 3.05) is 11.5 Å². The number of anilines is 2. The maximum Gasteiger partial charge on any atom is 0.501 e. The number of benzene rings is 1. The van der Waals surface area contributed by atoms with Gasteiger partial charge in [0, 0.05) is 6.07 Å². The van der Waals surface area contributed by atoms with E-state index in [9.17, 15) is 13.5 Å². The van der Waals surface area contributed by atoms with E-state index in [4.69, 9.17) is 11.5 Å². The lowest BCUT2D eigenvalue weighted by molar-refractivity contribution is 0.391. The van der Waals surface area contributed by atoms with Gasteiger partial charge < -0.3 is 24.9 Å². The Bertz CT molecular complexity index is 509. The van der Waals surface area contributed by atoms with E-state index >= 15 is 0 Å². The molecule has 0 saturated carbocycles. The molecule has 3 rings (SSSR count). The van der Waals surface area contributed by atoms with Crippen molar-refractivity contribution in [3.05, 3.63) is 6.07 Å². The minimum atomic E-state index is -4.24. The van der Waals surface area contributed by atoms with Crippen molar-refractivity contribution in [1.82, 2.24) is 0 Å². The summed E-state index contributed by atoms with van der Waals surface area (Å²) in [4.78, 5) is 0. The van der Waals surface area contributed by atoms with Crippen LogP contribution in [-0.4, -0.2) is 13.5 Å². The number of hydrogen-bond acceptors (Lipinski definition) is 7. The summed E-state index contributed by atoms with van der Waals surface area (Å²) in [6.07, 6.45) is 0. The average molecular weight is 218 g/mol. The van der Waals surface area contributed by atoms with Crippen LogP contribution in [0, 0.1) is 0 Å². The summed E-state index contributed by atoms with van der Waals surface area (Å²) in [5, 5.41) is 9.36. The van der Waals surface area contributed by atoms with Crippen molar-refractivity contribution in [2.45, 2.75) is 0 Å². The molecule has 76 valence electrons. The van der Waals surface area contributed by atoms with Gasteiger partial charge in [0.1, 0.15) is 5.69 Å². The van der Waals surface area contributed by atoms with Gasteiger partial charge in [-0.25, -0.2) is 0 Å². The Balaban J connectivity index is 2.81. The lowest BCUT2D eigenvalue weighted by atomic mass is 10.2. The summed E-state index contributed by atoms with van der Waals surface area (Å²) >= 11 is 0. The smallest absolute Gasteiger partial charge is 0.501 e. The fraction of sp³-hybridized carbons (Fsp3) is 0. The summed E-state index contributed by atoms with van der Waals surface area (Å²) < 4.78 is 30.7. The molecule has 14 heavy (non-hydrogen) atoms. The standard InChI is InChI=1S/C6H6N2O5S/c7-2-1-3-4(8)5(9)6(2)13-14(10,11)12-3/h1,9H,7-8H2. The number of fused-ring (bicyclic) bond motifs is 4. The lowest BCUT2D eigenvalue weighted by Crippen LogP contribution is -2.14. The van der Waals surface area contributed by atoms with Gasteiger partial charge in [0.05, 0.1) is 5.69 Å². The summed E-state index contributed by atoms with van der Waals surface area (Å²) in [5.41, 5.74) is 10.4. The van der Waals surface area contributed by atoms with Gasteiger partial charge >= 0.3 is 10.4 Å². The number of phenols is 1. The molecule has 2 bridgehead atoms. The maximum atomic E-state index is 11.0. The van der Waals surface area contributed by atoms with Gasteiger partial charge in [-0.3, -0.25) is 0 Å². The molecule has 0 amide bonds. The van der Waals surface area contributed by atoms with Crippen LogP contribution >= 0.6 is 0 Å². The second-order valence-electron chi connectivity index (χ2n) is 2.63. The molecule has 0 fully saturated rings. The van der Waals surface area contributed by atoms with E-state index in [0.717, 1.165) is 6.07 Å². The Hall–Kier alpha value is -1.83. The summed E-state index contributed by atoms with van der Waals surface area (Å²) in [7, 11) is -4.24. The third-order valence-electron chi connectivity index (χ3n) is 1.66. The van der Waals surface area contributed by atoms with Crippen molar-refractivity contribution in [3.63, 3.8) is 0 Å². The Morgan fingerprint density at radius 3 is 2.57 bits per heavy atom. The third-order valence-corrected chi connectivity index (χ3v) is 2.42. The van der Waals surface area contributed by atoms with Gasteiger partial charge in [-0.15, -0.1) is 8.42 Å². The normalized spacial score (nSPS) is 16.9. The Morgan fingerprint density at radius 1 is 1.29 bits per heavy atom. The van der Waals surface area contributed by atoms with Crippen LogP contribution in [0.1, 0.15) is 0 Å². The topological polar surface area (TPSA) is 125 Å². The summed E-state index contributed by atoms with van der Waals surface area (Å²) in [6, 6.07) is 1.16. The SMILES string of the molecule is Nc1cc2c(N)c(O)c1OS(=O)(=O)O2. The number of aromatic hydroxyl groups is 1. The molecule has 2 aliphatic heterocycles. The van der Waals surface area contributed by atoms with E-state index in [-0.39, 0.29) is 17.1 Å². The second-order valence-corrected chi connectivity index (χ2v) is 3.78. The fourth-order valence-electron chi connectivity index (χ4n) is 1.05. The number of rotatable bonds is 0. The van der Waals surface area contributed by atoms with Gasteiger partial charge in [-0.2, -0.15) is 0 Å². The molecule has 7 nitrogen and oxygen atoms in total. The van der Waals surface area contributed by atoms with E-state index in [0.29, 0.717) is 0 Å². The average Bonchev–Trinajstić information content (AvgIpc) is 2.23. The quantitative estimate of drug-likeness (QED) is 0.398. The highest BCUT2D eigenvalue weighted by molar-refractivity contribution is 7.82. The van der Waals surface area contributed by atoms with Crippen LogP contribution in [0.15, 0.2) is 6.07 Å². The van der Waals surface area contributed by atoms with E-state index < -0.39 is 21.9 Å². The van der Waals surface area contributed by atoms with Crippen LogP contribution in [0.5, 0.6) is 17.2 Å². The van der Waals surface area contributed by atoms with E-state index in [1.807, 2.05) is 0 Å². The molecule has 0 unspecified atom stereocenters. The molecule has 0 spiro atoms. The Kier molecular flexibility index (Phi) is 1.47. The van der Waals surface area contributed by atoms with Crippen molar-refractivity contribution in [2.24, 2.45) is 0 Å². The van der Waals surface area contributed by atoms with Gasteiger partial charge in [0.15, 0.2) is 11.5 Å². The number of nitrogen functional groups attached to an aromatic ring is 2. The van der Waals surface area contributed by atoms with Crippen LogP contribution in [0.25, 0.3) is 0 Å². The molecule has 1 aromatic rings. The van der Waals surface area contributed by atoms with Crippen LogP contribution < -0.4 is 19.8 Å².